The third kappa shape index (κ3) is 4.20. The Bertz CT molecular complexity index is 789. The molecule has 0 saturated carbocycles. The molecule has 3 rings (SSSR count). The normalized spacial score (nSPS) is 15.0. The minimum Gasteiger partial charge on any atom is -0.348 e. The Kier molecular flexibility index (Phi) is 5.72. The molecule has 1 aliphatic rings. The molecule has 0 unspecified atom stereocenters. The lowest BCUT2D eigenvalue weighted by Gasteiger charge is -2.23. The number of carbonyl (C=O) groups is 2. The Morgan fingerprint density at radius 3 is 2.64 bits per heavy atom. The Balaban J connectivity index is 1.69. The number of nitrogens with zero attached hydrogens (tertiary/aromatic N) is 1. The maximum absolute atomic E-state index is 12.4. The van der Waals surface area contributed by atoms with Crippen LogP contribution in [0.15, 0.2) is 28.7 Å². The number of aromatic nitrogens is 2. The topological polar surface area (TPSA) is 98.9 Å². The molecule has 132 valence electrons. The Morgan fingerprint density at radius 1 is 1.20 bits per heavy atom. The number of aromatic amines is 1. The number of piperidine rings is 1. The maximum Gasteiger partial charge on any atom is 0.273 e. The fourth-order valence-electron chi connectivity index (χ4n) is 2.61. The van der Waals surface area contributed by atoms with E-state index < -0.39 is 0 Å². The third-order valence-corrected chi connectivity index (χ3v) is 5.06. The van der Waals surface area contributed by atoms with Gasteiger partial charge in [-0.1, -0.05) is 23.7 Å². The average Bonchev–Trinajstić information content (AvgIpc) is 2.97. The number of rotatable bonds is 4. The fourth-order valence-corrected chi connectivity index (χ4v) is 3.29. The first-order chi connectivity index (χ1) is 12.1. The maximum atomic E-state index is 12.4. The molecule has 2 amide bonds. The molecular weight excluding hydrogens is 410 g/mol. The van der Waals surface area contributed by atoms with Crippen molar-refractivity contribution in [1.29, 1.82) is 0 Å². The number of H-pyrrole nitrogens is 1. The molecule has 1 aromatic carbocycles. The molecule has 0 atom stereocenters. The van der Waals surface area contributed by atoms with Crippen molar-refractivity contribution in [3.63, 3.8) is 0 Å². The number of benzene rings is 1. The van der Waals surface area contributed by atoms with Crippen molar-refractivity contribution in [2.24, 2.45) is 0 Å². The zero-order chi connectivity index (χ0) is 17.8. The fraction of sp³-hybridized carbons (Fsp3) is 0.312. The molecule has 1 saturated heterocycles. The van der Waals surface area contributed by atoms with E-state index in [0.29, 0.717) is 20.9 Å². The van der Waals surface area contributed by atoms with Gasteiger partial charge in [-0.05, 0) is 54.0 Å². The van der Waals surface area contributed by atoms with Gasteiger partial charge in [0, 0.05) is 6.04 Å². The summed E-state index contributed by atoms with van der Waals surface area (Å²) in [4.78, 5) is 24.7. The predicted molar refractivity (Wildman–Crippen MR) is 99.1 cm³/mol. The van der Waals surface area contributed by atoms with Crippen LogP contribution >= 0.6 is 27.5 Å². The van der Waals surface area contributed by atoms with Crippen LogP contribution in [0.1, 0.15) is 33.7 Å². The van der Waals surface area contributed by atoms with Crippen LogP contribution in [0.4, 0.5) is 5.82 Å². The molecular formula is C16H17BrClN5O2. The highest BCUT2D eigenvalue weighted by Crippen LogP contribution is 2.25. The number of carbonyl (C=O) groups excluding carboxylic acids is 2. The number of anilines is 1. The molecule has 1 aliphatic heterocycles. The van der Waals surface area contributed by atoms with Gasteiger partial charge in [0.25, 0.3) is 11.8 Å². The van der Waals surface area contributed by atoms with Crippen molar-refractivity contribution >= 4 is 45.2 Å². The van der Waals surface area contributed by atoms with Gasteiger partial charge in [-0.3, -0.25) is 14.7 Å². The van der Waals surface area contributed by atoms with E-state index in [1.54, 1.807) is 24.3 Å². The van der Waals surface area contributed by atoms with E-state index in [0.717, 1.165) is 25.9 Å². The van der Waals surface area contributed by atoms with Gasteiger partial charge in [0.1, 0.15) is 5.82 Å². The van der Waals surface area contributed by atoms with Crippen LogP contribution in [0, 0.1) is 0 Å². The number of amides is 2. The highest BCUT2D eigenvalue weighted by atomic mass is 79.9. The van der Waals surface area contributed by atoms with Gasteiger partial charge in [-0.2, -0.15) is 5.10 Å². The quantitative estimate of drug-likeness (QED) is 0.604. The van der Waals surface area contributed by atoms with Crippen LogP contribution in [0.3, 0.4) is 0 Å². The highest BCUT2D eigenvalue weighted by molar-refractivity contribution is 9.10. The lowest BCUT2D eigenvalue weighted by Crippen LogP contribution is -2.42. The second-order valence-electron chi connectivity index (χ2n) is 5.69. The van der Waals surface area contributed by atoms with Gasteiger partial charge >= 0.3 is 0 Å². The van der Waals surface area contributed by atoms with Crippen LogP contribution in [0.25, 0.3) is 0 Å². The minimum atomic E-state index is -0.389. The molecule has 2 heterocycles. The van der Waals surface area contributed by atoms with Crippen molar-refractivity contribution in [3.05, 3.63) is 45.0 Å². The Morgan fingerprint density at radius 2 is 1.92 bits per heavy atom. The summed E-state index contributed by atoms with van der Waals surface area (Å²) in [7, 11) is 0. The van der Waals surface area contributed by atoms with Gasteiger partial charge in [-0.25, -0.2) is 0 Å². The van der Waals surface area contributed by atoms with E-state index in [2.05, 4.69) is 42.1 Å². The van der Waals surface area contributed by atoms with Crippen LogP contribution in [0.2, 0.25) is 5.02 Å². The summed E-state index contributed by atoms with van der Waals surface area (Å²) in [5.41, 5.74) is 0.541. The largest absolute Gasteiger partial charge is 0.348 e. The first-order valence-corrected chi connectivity index (χ1v) is 9.04. The van der Waals surface area contributed by atoms with Gasteiger partial charge in [-0.15, -0.1) is 0 Å². The van der Waals surface area contributed by atoms with E-state index in [-0.39, 0.29) is 23.6 Å². The molecule has 9 heteroatoms. The van der Waals surface area contributed by atoms with Gasteiger partial charge in [0.05, 0.1) is 15.1 Å². The van der Waals surface area contributed by atoms with E-state index in [4.69, 9.17) is 11.6 Å². The number of nitrogens with one attached hydrogen (secondary N) is 4. The van der Waals surface area contributed by atoms with Gasteiger partial charge in [0.2, 0.25) is 0 Å². The SMILES string of the molecule is O=C(Nc1[nH]nc(C(=O)NC2CCNCC2)c1Br)c1ccccc1Cl. The molecule has 1 aromatic heterocycles. The van der Waals surface area contributed by atoms with E-state index in [1.807, 2.05) is 0 Å². The third-order valence-electron chi connectivity index (χ3n) is 3.95. The van der Waals surface area contributed by atoms with Crippen molar-refractivity contribution in [2.45, 2.75) is 18.9 Å². The summed E-state index contributed by atoms with van der Waals surface area (Å²) in [6.45, 7) is 1.76. The molecule has 0 spiro atoms. The van der Waals surface area contributed by atoms with Crippen molar-refractivity contribution in [1.82, 2.24) is 20.8 Å². The average molecular weight is 427 g/mol. The number of hydrogen-bond acceptors (Lipinski definition) is 4. The first kappa shape index (κ1) is 17.9. The molecule has 4 N–H and O–H groups in total. The zero-order valence-corrected chi connectivity index (χ0v) is 15.6. The molecule has 7 nitrogen and oxygen atoms in total. The van der Waals surface area contributed by atoms with Crippen LogP contribution in [-0.2, 0) is 0 Å². The summed E-state index contributed by atoms with van der Waals surface area (Å²) in [6, 6.07) is 6.84. The minimum absolute atomic E-state index is 0.124. The summed E-state index contributed by atoms with van der Waals surface area (Å²) in [5, 5.41) is 15.9. The second-order valence-corrected chi connectivity index (χ2v) is 6.89. The smallest absolute Gasteiger partial charge is 0.273 e. The highest BCUT2D eigenvalue weighted by Gasteiger charge is 2.23. The molecule has 0 aliphatic carbocycles. The van der Waals surface area contributed by atoms with Gasteiger partial charge < -0.3 is 16.0 Å². The zero-order valence-electron chi connectivity index (χ0n) is 13.2. The van der Waals surface area contributed by atoms with Crippen LogP contribution in [-0.4, -0.2) is 41.1 Å². The van der Waals surface area contributed by atoms with Crippen LogP contribution < -0.4 is 16.0 Å². The molecule has 1 fully saturated rings. The molecule has 2 aromatic rings. The lowest BCUT2D eigenvalue weighted by molar-refractivity contribution is 0.0923. The Hall–Kier alpha value is -1.90. The monoisotopic (exact) mass is 425 g/mol. The second kappa shape index (κ2) is 7.99. The first-order valence-electron chi connectivity index (χ1n) is 7.87. The summed E-state index contributed by atoms with van der Waals surface area (Å²) < 4.78 is 0.402. The summed E-state index contributed by atoms with van der Waals surface area (Å²) in [6.07, 6.45) is 1.76. The van der Waals surface area contributed by atoms with E-state index in [9.17, 15) is 9.59 Å². The number of halogens is 2. The van der Waals surface area contributed by atoms with Crippen LogP contribution in [0.5, 0.6) is 0 Å². The molecule has 25 heavy (non-hydrogen) atoms. The summed E-state index contributed by atoms with van der Waals surface area (Å²) >= 11 is 9.34. The van der Waals surface area contributed by atoms with E-state index >= 15 is 0 Å². The standard InChI is InChI=1S/C16H17BrClN5O2/c17-12-13(16(25)20-9-5-7-19-8-6-9)22-23-14(12)21-15(24)10-3-1-2-4-11(10)18/h1-4,9,19H,5-8H2,(H,20,25)(H2,21,22,23,24). The van der Waals surface area contributed by atoms with Gasteiger partial charge in [0.15, 0.2) is 5.69 Å². The number of hydrogen-bond donors (Lipinski definition) is 4. The Labute approximate surface area is 158 Å². The van der Waals surface area contributed by atoms with Crippen molar-refractivity contribution in [3.8, 4) is 0 Å². The lowest BCUT2D eigenvalue weighted by atomic mass is 10.1. The predicted octanol–water partition coefficient (Wildman–Crippen LogP) is 2.56. The molecule has 0 bridgehead atoms. The van der Waals surface area contributed by atoms with Crippen molar-refractivity contribution in [2.75, 3.05) is 18.4 Å². The van der Waals surface area contributed by atoms with Crippen molar-refractivity contribution < 1.29 is 9.59 Å². The molecule has 0 radical (unpaired) electrons. The summed E-state index contributed by atoms with van der Waals surface area (Å²) in [5.74, 6) is -0.367. The van der Waals surface area contributed by atoms with E-state index in [1.165, 1.54) is 0 Å².